The molecule has 0 saturated carbocycles. The molecule has 0 saturated heterocycles. The fraction of sp³-hybridized carbons (Fsp3) is 0.286. The molecule has 2 heterocycles. The van der Waals surface area contributed by atoms with Crippen LogP contribution < -0.4 is 10.6 Å². The van der Waals surface area contributed by atoms with Crippen LogP contribution in [0.5, 0.6) is 0 Å². The number of anilines is 1. The van der Waals surface area contributed by atoms with Crippen molar-refractivity contribution in [2.24, 2.45) is 0 Å². The molecule has 0 aliphatic rings. The number of aliphatic hydroxyl groups excluding tert-OH is 3. The van der Waals surface area contributed by atoms with Crippen molar-refractivity contribution in [2.75, 3.05) is 25.1 Å². The maximum atomic E-state index is 12.7. The van der Waals surface area contributed by atoms with Crippen LogP contribution in [0.4, 0.5) is 5.95 Å². The Balaban J connectivity index is 1.78. The van der Waals surface area contributed by atoms with E-state index in [2.05, 4.69) is 25.6 Å². The zero-order valence-electron chi connectivity index (χ0n) is 16.8. The van der Waals surface area contributed by atoms with Crippen LogP contribution in [-0.2, 0) is 0 Å². The molecule has 31 heavy (non-hydrogen) atoms. The maximum Gasteiger partial charge on any atom is 0.268 e. The van der Waals surface area contributed by atoms with Crippen LogP contribution in [0.1, 0.15) is 27.7 Å². The van der Waals surface area contributed by atoms with Gasteiger partial charge >= 0.3 is 0 Å². The number of carbonyl (C=O) groups excluding carboxylic acids is 1. The van der Waals surface area contributed by atoms with Crippen LogP contribution in [0.15, 0.2) is 42.7 Å². The minimum Gasteiger partial charge on any atom is -0.394 e. The molecule has 1 amide bonds. The lowest BCUT2D eigenvalue weighted by atomic mass is 10.1. The van der Waals surface area contributed by atoms with Crippen molar-refractivity contribution in [3.8, 4) is 11.3 Å². The lowest BCUT2D eigenvalue weighted by Crippen LogP contribution is -2.31. The fourth-order valence-corrected chi connectivity index (χ4v) is 3.19. The monoisotopic (exact) mass is 445 g/mol. The highest BCUT2D eigenvalue weighted by molar-refractivity contribution is 6.30. The number of carbonyl (C=O) groups is 1. The lowest BCUT2D eigenvalue weighted by Gasteiger charge is -2.16. The summed E-state index contributed by atoms with van der Waals surface area (Å²) in [4.78, 5) is 24.2. The molecule has 0 bridgehead atoms. The number of amides is 1. The third-order valence-electron chi connectivity index (χ3n) is 4.69. The van der Waals surface area contributed by atoms with Crippen molar-refractivity contribution >= 4 is 23.5 Å². The zero-order chi connectivity index (χ0) is 22.4. The Labute approximate surface area is 184 Å². The quantitative estimate of drug-likeness (QED) is 0.294. The van der Waals surface area contributed by atoms with E-state index in [1.54, 1.807) is 42.7 Å². The van der Waals surface area contributed by atoms with Gasteiger partial charge in [0.1, 0.15) is 5.69 Å². The Kier molecular flexibility index (Phi) is 7.59. The second kappa shape index (κ2) is 10.4. The summed E-state index contributed by atoms with van der Waals surface area (Å²) in [6, 6.07) is 7.39. The Morgan fingerprint density at radius 3 is 2.65 bits per heavy atom. The largest absolute Gasteiger partial charge is 0.394 e. The number of aromatic nitrogens is 3. The van der Waals surface area contributed by atoms with Gasteiger partial charge in [0.2, 0.25) is 5.95 Å². The number of benzene rings is 1. The Morgan fingerprint density at radius 1 is 1.19 bits per heavy atom. The van der Waals surface area contributed by atoms with Gasteiger partial charge in [-0.1, -0.05) is 23.7 Å². The minimum absolute atomic E-state index is 0.252. The van der Waals surface area contributed by atoms with Gasteiger partial charge in [-0.25, -0.2) is 9.97 Å². The van der Waals surface area contributed by atoms with Gasteiger partial charge in [-0.3, -0.25) is 4.79 Å². The predicted molar refractivity (Wildman–Crippen MR) is 117 cm³/mol. The number of aryl methyl sites for hydroxylation is 1. The van der Waals surface area contributed by atoms with Gasteiger partial charge in [-0.2, -0.15) is 0 Å². The first kappa shape index (κ1) is 22.7. The van der Waals surface area contributed by atoms with Gasteiger partial charge in [0, 0.05) is 23.0 Å². The van der Waals surface area contributed by atoms with Crippen LogP contribution in [-0.4, -0.2) is 62.0 Å². The maximum absolute atomic E-state index is 12.7. The number of hydrogen-bond acceptors (Lipinski definition) is 7. The molecule has 1 aromatic carbocycles. The summed E-state index contributed by atoms with van der Waals surface area (Å²) in [5, 5.41) is 34.3. The number of rotatable bonds is 9. The van der Waals surface area contributed by atoms with E-state index in [4.69, 9.17) is 11.6 Å². The van der Waals surface area contributed by atoms with Crippen LogP contribution in [0, 0.1) is 6.92 Å². The first-order valence-corrected chi connectivity index (χ1v) is 10.0. The van der Waals surface area contributed by atoms with Crippen molar-refractivity contribution in [3.63, 3.8) is 0 Å². The highest BCUT2D eigenvalue weighted by Gasteiger charge is 2.18. The summed E-state index contributed by atoms with van der Waals surface area (Å²) >= 11 is 6.00. The number of aliphatic hydroxyl groups is 3. The molecular formula is C21H24ClN5O4. The first-order chi connectivity index (χ1) is 14.9. The lowest BCUT2D eigenvalue weighted by molar-refractivity contribution is 0.0911. The van der Waals surface area contributed by atoms with Crippen molar-refractivity contribution in [2.45, 2.75) is 19.0 Å². The molecule has 1 unspecified atom stereocenters. The molecule has 3 rings (SSSR count). The molecule has 9 nitrogen and oxygen atoms in total. The van der Waals surface area contributed by atoms with Gasteiger partial charge in [0.05, 0.1) is 37.6 Å². The Morgan fingerprint density at radius 2 is 1.97 bits per heavy atom. The normalized spacial score (nSPS) is 12.1. The Bertz CT molecular complexity index is 1040. The number of aromatic amines is 1. The number of nitrogens with zero attached hydrogens (tertiary/aromatic N) is 2. The van der Waals surface area contributed by atoms with Crippen LogP contribution in [0.2, 0.25) is 5.02 Å². The van der Waals surface area contributed by atoms with E-state index >= 15 is 0 Å². The van der Waals surface area contributed by atoms with Gasteiger partial charge in [-0.15, -0.1) is 0 Å². The summed E-state index contributed by atoms with van der Waals surface area (Å²) in [6.45, 7) is 1.02. The van der Waals surface area contributed by atoms with Gasteiger partial charge in [0.25, 0.3) is 5.91 Å². The highest BCUT2D eigenvalue weighted by atomic mass is 35.5. The summed E-state index contributed by atoms with van der Waals surface area (Å²) in [6.07, 6.45) is 3.26. The molecule has 1 atom stereocenters. The molecule has 2 aromatic heterocycles. The third-order valence-corrected chi connectivity index (χ3v) is 4.92. The van der Waals surface area contributed by atoms with Gasteiger partial charge in [-0.05, 0) is 36.2 Å². The van der Waals surface area contributed by atoms with Crippen molar-refractivity contribution in [3.05, 3.63) is 64.6 Å². The van der Waals surface area contributed by atoms with Gasteiger partial charge < -0.3 is 30.9 Å². The zero-order valence-corrected chi connectivity index (χ0v) is 17.6. The molecule has 6 N–H and O–H groups in total. The molecule has 10 heteroatoms. The molecule has 0 spiro atoms. The van der Waals surface area contributed by atoms with E-state index in [9.17, 15) is 20.1 Å². The second-order valence-electron chi connectivity index (χ2n) is 7.00. The molecule has 0 aliphatic heterocycles. The van der Waals surface area contributed by atoms with E-state index in [1.807, 2.05) is 6.92 Å². The van der Waals surface area contributed by atoms with Crippen molar-refractivity contribution < 1.29 is 20.1 Å². The minimum atomic E-state index is -0.608. The van der Waals surface area contributed by atoms with E-state index in [1.165, 1.54) is 0 Å². The summed E-state index contributed by atoms with van der Waals surface area (Å²) in [5.41, 5.74) is 3.04. The smallest absolute Gasteiger partial charge is 0.268 e. The molecule has 0 aliphatic carbocycles. The first-order valence-electron chi connectivity index (χ1n) is 9.63. The standard InChI is InChI=1S/C21H24ClN5O4/c1-12-7-24-21(25-16(9-28)10-29)27-19(12)14-6-17(23-8-14)20(31)26-18(11-30)13-3-2-4-15(22)5-13/h2-8,16,18,23,28-30H,9-11H2,1H3,(H,26,31)(H,24,25,27). The van der Waals surface area contributed by atoms with Gasteiger partial charge in [0.15, 0.2) is 0 Å². The summed E-state index contributed by atoms with van der Waals surface area (Å²) in [5.74, 6) is -0.141. The molecule has 0 fully saturated rings. The number of halogens is 1. The molecule has 164 valence electrons. The SMILES string of the molecule is Cc1cnc(NC(CO)CO)nc1-c1c[nH]c(C(=O)NC(CO)c2cccc(Cl)c2)c1. The number of nitrogens with one attached hydrogen (secondary N) is 3. The average molecular weight is 446 g/mol. The Hall–Kier alpha value is -2.98. The fourth-order valence-electron chi connectivity index (χ4n) is 2.99. The van der Waals surface area contributed by atoms with Crippen LogP contribution >= 0.6 is 11.6 Å². The number of hydrogen-bond donors (Lipinski definition) is 6. The third kappa shape index (κ3) is 5.59. The van der Waals surface area contributed by atoms with Crippen LogP contribution in [0.3, 0.4) is 0 Å². The summed E-state index contributed by atoms with van der Waals surface area (Å²) < 4.78 is 0. The second-order valence-corrected chi connectivity index (χ2v) is 7.43. The highest BCUT2D eigenvalue weighted by Crippen LogP contribution is 2.24. The molecule has 0 radical (unpaired) electrons. The van der Waals surface area contributed by atoms with E-state index in [0.717, 1.165) is 5.56 Å². The molecular weight excluding hydrogens is 422 g/mol. The predicted octanol–water partition coefficient (Wildman–Crippen LogP) is 1.66. The van der Waals surface area contributed by atoms with E-state index < -0.39 is 18.0 Å². The topological polar surface area (TPSA) is 143 Å². The van der Waals surface area contributed by atoms with Crippen molar-refractivity contribution in [1.29, 1.82) is 0 Å². The summed E-state index contributed by atoms with van der Waals surface area (Å²) in [7, 11) is 0. The number of H-pyrrole nitrogens is 1. The van der Waals surface area contributed by atoms with E-state index in [0.29, 0.717) is 27.5 Å². The van der Waals surface area contributed by atoms with E-state index in [-0.39, 0.29) is 25.8 Å². The average Bonchev–Trinajstić information content (AvgIpc) is 3.27. The van der Waals surface area contributed by atoms with Crippen molar-refractivity contribution in [1.82, 2.24) is 20.3 Å². The molecule has 3 aromatic rings. The van der Waals surface area contributed by atoms with Crippen LogP contribution in [0.25, 0.3) is 11.3 Å².